The van der Waals surface area contributed by atoms with Crippen molar-refractivity contribution in [1.29, 1.82) is 0 Å². The maximum absolute atomic E-state index is 13.8. The van der Waals surface area contributed by atoms with Gasteiger partial charge in [0.2, 0.25) is 21.8 Å². The highest BCUT2D eigenvalue weighted by Crippen LogP contribution is 2.23. The van der Waals surface area contributed by atoms with Crippen molar-refractivity contribution >= 4 is 21.8 Å². The molecule has 0 unspecified atom stereocenters. The molecule has 7 nitrogen and oxygen atoms in total. The maximum Gasteiger partial charge on any atom is 0.249 e. The number of benzene rings is 1. The second-order valence-electron chi connectivity index (χ2n) is 5.57. The lowest BCUT2D eigenvalue weighted by molar-refractivity contribution is -0.132. The molecule has 0 atom stereocenters. The van der Waals surface area contributed by atoms with Gasteiger partial charge < -0.3 is 10.2 Å². The van der Waals surface area contributed by atoms with E-state index >= 15 is 0 Å². The van der Waals surface area contributed by atoms with Crippen molar-refractivity contribution in [2.24, 2.45) is 0 Å². The average molecular weight is 375 g/mol. The number of halogens is 2. The largest absolute Gasteiger partial charge is 0.356 e. The van der Waals surface area contributed by atoms with Crippen LogP contribution >= 0.6 is 0 Å². The van der Waals surface area contributed by atoms with E-state index in [1.807, 2.05) is 0 Å². The third-order valence-electron chi connectivity index (χ3n) is 3.82. The van der Waals surface area contributed by atoms with Gasteiger partial charge in [-0.25, -0.2) is 17.2 Å². The smallest absolute Gasteiger partial charge is 0.249 e. The lowest BCUT2D eigenvalue weighted by atomic mass is 10.3. The quantitative estimate of drug-likeness (QED) is 0.803. The van der Waals surface area contributed by atoms with Gasteiger partial charge in [-0.05, 0) is 12.1 Å². The second kappa shape index (κ2) is 7.87. The van der Waals surface area contributed by atoms with E-state index in [1.54, 1.807) is 0 Å². The Kier molecular flexibility index (Phi) is 6.07. The fraction of sp³-hybridized carbons (Fsp3) is 0.467. The highest BCUT2D eigenvalue weighted by molar-refractivity contribution is 7.89. The first-order valence-corrected chi connectivity index (χ1v) is 9.14. The normalized spacial score (nSPS) is 15.9. The Bertz CT molecular complexity index is 742. The van der Waals surface area contributed by atoms with Gasteiger partial charge in [-0.15, -0.1) is 0 Å². The Morgan fingerprint density at radius 3 is 2.20 bits per heavy atom. The summed E-state index contributed by atoms with van der Waals surface area (Å²) in [6.45, 7) is 1.68. The lowest BCUT2D eigenvalue weighted by Gasteiger charge is -2.34. The van der Waals surface area contributed by atoms with Crippen LogP contribution in [0.2, 0.25) is 0 Å². The number of carbonyl (C=O) groups is 2. The minimum Gasteiger partial charge on any atom is -0.356 e. The molecule has 1 aliphatic rings. The summed E-state index contributed by atoms with van der Waals surface area (Å²) in [5, 5.41) is 2.51. The molecule has 0 spiro atoms. The fourth-order valence-corrected chi connectivity index (χ4v) is 4.07. The zero-order valence-electron chi connectivity index (χ0n) is 13.7. The molecule has 0 aliphatic carbocycles. The van der Waals surface area contributed by atoms with Crippen LogP contribution in [0.15, 0.2) is 23.1 Å². The van der Waals surface area contributed by atoms with E-state index in [-0.39, 0.29) is 51.0 Å². The summed E-state index contributed by atoms with van der Waals surface area (Å²) in [7, 11) is -4.31. The van der Waals surface area contributed by atoms with E-state index in [0.717, 1.165) is 22.5 Å². The average Bonchev–Trinajstić information content (AvgIpc) is 2.54. The number of rotatable bonds is 5. The van der Waals surface area contributed by atoms with E-state index in [4.69, 9.17) is 0 Å². The molecule has 1 aromatic carbocycles. The zero-order chi connectivity index (χ0) is 18.6. The van der Waals surface area contributed by atoms with Gasteiger partial charge in [-0.1, -0.05) is 6.07 Å². The zero-order valence-corrected chi connectivity index (χ0v) is 14.5. The van der Waals surface area contributed by atoms with E-state index in [0.29, 0.717) is 0 Å². The van der Waals surface area contributed by atoms with E-state index < -0.39 is 26.6 Å². The van der Waals surface area contributed by atoms with Crippen molar-refractivity contribution in [3.05, 3.63) is 29.8 Å². The minimum atomic E-state index is -4.31. The molecule has 0 bridgehead atoms. The first-order valence-electron chi connectivity index (χ1n) is 7.70. The van der Waals surface area contributed by atoms with Crippen molar-refractivity contribution in [3.63, 3.8) is 0 Å². The molecule has 0 radical (unpaired) electrons. The van der Waals surface area contributed by atoms with Crippen LogP contribution in [0.1, 0.15) is 13.3 Å². The first-order chi connectivity index (χ1) is 11.7. The number of hydrogen-bond acceptors (Lipinski definition) is 4. The predicted molar refractivity (Wildman–Crippen MR) is 85.0 cm³/mol. The molecule has 1 N–H and O–H groups in total. The van der Waals surface area contributed by atoms with E-state index in [9.17, 15) is 26.8 Å². The van der Waals surface area contributed by atoms with Crippen molar-refractivity contribution in [2.75, 3.05) is 32.7 Å². The van der Waals surface area contributed by atoms with Crippen LogP contribution in [0.25, 0.3) is 0 Å². The van der Waals surface area contributed by atoms with Crippen LogP contribution in [0, 0.1) is 11.6 Å². The Balaban J connectivity index is 1.99. The van der Waals surface area contributed by atoms with Crippen molar-refractivity contribution in [1.82, 2.24) is 14.5 Å². The Hall–Kier alpha value is -2.07. The Labute approximate surface area is 144 Å². The summed E-state index contributed by atoms with van der Waals surface area (Å²) < 4.78 is 53.4. The molecule has 1 saturated heterocycles. The second-order valence-corrected chi connectivity index (χ2v) is 7.44. The van der Waals surface area contributed by atoms with Crippen LogP contribution in [0.5, 0.6) is 0 Å². The Morgan fingerprint density at radius 1 is 1.12 bits per heavy atom. The van der Waals surface area contributed by atoms with Crippen molar-refractivity contribution in [3.8, 4) is 0 Å². The summed E-state index contributed by atoms with van der Waals surface area (Å²) in [5.41, 5.74) is 0. The number of sulfonamides is 1. The topological polar surface area (TPSA) is 86.8 Å². The molecular formula is C15H19F2N3O4S. The molecular weight excluding hydrogens is 356 g/mol. The molecule has 1 aromatic rings. The van der Waals surface area contributed by atoms with Crippen LogP contribution in [-0.2, 0) is 19.6 Å². The van der Waals surface area contributed by atoms with Gasteiger partial charge >= 0.3 is 0 Å². The number of nitrogens with zero attached hydrogens (tertiary/aromatic N) is 2. The number of hydrogen-bond donors (Lipinski definition) is 1. The maximum atomic E-state index is 13.8. The molecule has 1 fully saturated rings. The minimum absolute atomic E-state index is 0.0536. The summed E-state index contributed by atoms with van der Waals surface area (Å²) >= 11 is 0. The molecule has 1 aliphatic heterocycles. The molecule has 10 heteroatoms. The predicted octanol–water partition coefficient (Wildman–Crippen LogP) is 0.324. The van der Waals surface area contributed by atoms with Crippen LogP contribution in [-0.4, -0.2) is 62.2 Å². The van der Waals surface area contributed by atoms with Crippen LogP contribution in [0.4, 0.5) is 8.78 Å². The molecule has 2 amide bonds. The van der Waals surface area contributed by atoms with Gasteiger partial charge in [0.15, 0.2) is 4.90 Å². The summed E-state index contributed by atoms with van der Waals surface area (Å²) in [5.74, 6) is -2.75. The molecule has 2 rings (SSSR count). The standard InChI is InChI=1S/C15H19F2N3O4S/c1-11(21)18-6-5-14(22)19-7-9-20(10-8-19)25(23,24)15-12(16)3-2-4-13(15)17/h2-4H,5-10H2,1H3,(H,18,21). The van der Waals surface area contributed by atoms with Gasteiger partial charge in [0.25, 0.3) is 0 Å². The molecule has 0 aromatic heterocycles. The number of carbonyl (C=O) groups excluding carboxylic acids is 2. The molecule has 0 saturated carbocycles. The van der Waals surface area contributed by atoms with Gasteiger partial charge in [-0.2, -0.15) is 4.31 Å². The molecule has 1 heterocycles. The molecule has 25 heavy (non-hydrogen) atoms. The number of piperazine rings is 1. The number of nitrogens with one attached hydrogen (secondary N) is 1. The third-order valence-corrected chi connectivity index (χ3v) is 5.77. The van der Waals surface area contributed by atoms with Crippen molar-refractivity contribution in [2.45, 2.75) is 18.2 Å². The SMILES string of the molecule is CC(=O)NCCC(=O)N1CCN(S(=O)(=O)c2c(F)cccc2F)CC1. The van der Waals surface area contributed by atoms with Gasteiger partial charge in [-0.3, -0.25) is 9.59 Å². The fourth-order valence-electron chi connectivity index (χ4n) is 2.54. The highest BCUT2D eigenvalue weighted by atomic mass is 32.2. The van der Waals surface area contributed by atoms with Crippen LogP contribution < -0.4 is 5.32 Å². The third kappa shape index (κ3) is 4.51. The van der Waals surface area contributed by atoms with E-state index in [1.165, 1.54) is 11.8 Å². The van der Waals surface area contributed by atoms with Gasteiger partial charge in [0.05, 0.1) is 0 Å². The van der Waals surface area contributed by atoms with Gasteiger partial charge in [0, 0.05) is 46.1 Å². The molecule has 138 valence electrons. The summed E-state index contributed by atoms with van der Waals surface area (Å²) in [6.07, 6.45) is 0.105. The Morgan fingerprint density at radius 2 is 1.68 bits per heavy atom. The van der Waals surface area contributed by atoms with Crippen molar-refractivity contribution < 1.29 is 26.8 Å². The summed E-state index contributed by atoms with van der Waals surface area (Å²) in [4.78, 5) is 23.3. The monoisotopic (exact) mass is 375 g/mol. The first kappa shape index (κ1) is 19.3. The number of amides is 2. The van der Waals surface area contributed by atoms with Gasteiger partial charge in [0.1, 0.15) is 11.6 Å². The highest BCUT2D eigenvalue weighted by Gasteiger charge is 2.33. The lowest BCUT2D eigenvalue weighted by Crippen LogP contribution is -2.51. The summed E-state index contributed by atoms with van der Waals surface area (Å²) in [6, 6.07) is 2.87. The van der Waals surface area contributed by atoms with E-state index in [2.05, 4.69) is 5.32 Å². The van der Waals surface area contributed by atoms with Crippen LogP contribution in [0.3, 0.4) is 0 Å².